The van der Waals surface area contributed by atoms with Gasteiger partial charge in [-0.15, -0.1) is 6.58 Å². The van der Waals surface area contributed by atoms with Gasteiger partial charge in [0.05, 0.1) is 0 Å². The molecule has 0 spiro atoms. The molecule has 0 aromatic carbocycles. The van der Waals surface area contributed by atoms with Crippen LogP contribution in [0.3, 0.4) is 0 Å². The van der Waals surface area contributed by atoms with Crippen molar-refractivity contribution in [1.82, 2.24) is 0 Å². The van der Waals surface area contributed by atoms with Crippen LogP contribution in [-0.2, 0) is 0 Å². The maximum atomic E-state index is 8.23. The van der Waals surface area contributed by atoms with Crippen molar-refractivity contribution >= 4 is 12.4 Å². The average Bonchev–Trinajstić information content (AvgIpc) is 2.98. The van der Waals surface area contributed by atoms with Crippen molar-refractivity contribution in [3.63, 3.8) is 0 Å². The second-order valence-electron chi connectivity index (χ2n) is 14.0. The van der Waals surface area contributed by atoms with Crippen LogP contribution >= 0.6 is 0 Å². The minimum absolute atomic E-state index is 0.378. The van der Waals surface area contributed by atoms with E-state index < -0.39 is 0 Å². The Labute approximate surface area is 234 Å². The van der Waals surface area contributed by atoms with Gasteiger partial charge in [-0.2, -0.15) is 0 Å². The second-order valence-corrected chi connectivity index (χ2v) is 14.0. The fourth-order valence-corrected chi connectivity index (χ4v) is 10.1. The molecular formula is C36H56N2. The van der Waals surface area contributed by atoms with E-state index in [0.29, 0.717) is 23.7 Å². The quantitative estimate of drug-likeness (QED) is 0.214. The molecule has 0 aromatic heterocycles. The molecule has 3 saturated carbocycles. The maximum Gasteiger partial charge on any atom is -0.00139 e. The maximum absolute atomic E-state index is 8.23. The molecule has 7 unspecified atom stereocenters. The number of hydrogen-bond acceptors (Lipinski definition) is 2. The van der Waals surface area contributed by atoms with Crippen molar-refractivity contribution in [3.8, 4) is 0 Å². The lowest BCUT2D eigenvalue weighted by Crippen LogP contribution is -2.36. The highest BCUT2D eigenvalue weighted by atomic mass is 14.5. The molecule has 2 nitrogen and oxygen atoms in total. The van der Waals surface area contributed by atoms with Crippen LogP contribution in [0.5, 0.6) is 0 Å². The summed E-state index contributed by atoms with van der Waals surface area (Å²) in [7, 11) is 0. The van der Waals surface area contributed by atoms with E-state index >= 15 is 0 Å². The molecule has 5 rings (SSSR count). The van der Waals surface area contributed by atoms with Crippen LogP contribution in [0.1, 0.15) is 122 Å². The van der Waals surface area contributed by atoms with Gasteiger partial charge in [0.2, 0.25) is 0 Å². The van der Waals surface area contributed by atoms with Crippen molar-refractivity contribution in [2.75, 3.05) is 0 Å². The predicted octanol–water partition coefficient (Wildman–Crippen LogP) is 10.4. The minimum Gasteiger partial charge on any atom is -0.313 e. The third kappa shape index (κ3) is 6.00. The Hall–Kier alpha value is -1.44. The number of nitrogens with one attached hydrogen (secondary N) is 2. The largest absolute Gasteiger partial charge is 0.313 e. The summed E-state index contributed by atoms with van der Waals surface area (Å²) in [4.78, 5) is 0. The van der Waals surface area contributed by atoms with Crippen LogP contribution in [-0.4, -0.2) is 12.4 Å². The molecule has 5 aliphatic rings. The van der Waals surface area contributed by atoms with Crippen LogP contribution in [0.15, 0.2) is 35.5 Å². The Balaban J connectivity index is 1.23. The van der Waals surface area contributed by atoms with E-state index in [1.54, 1.807) is 6.21 Å². The van der Waals surface area contributed by atoms with Gasteiger partial charge in [0.25, 0.3) is 0 Å². The van der Waals surface area contributed by atoms with E-state index in [4.69, 9.17) is 10.8 Å². The fourth-order valence-electron chi connectivity index (χ4n) is 10.1. The minimum atomic E-state index is 0.378. The molecular weight excluding hydrogens is 460 g/mol. The molecule has 0 bridgehead atoms. The molecule has 0 amide bonds. The molecule has 3 fully saturated rings. The first-order valence-corrected chi connectivity index (χ1v) is 16.7. The monoisotopic (exact) mass is 516 g/mol. The lowest BCUT2D eigenvalue weighted by molar-refractivity contribution is 0.117. The Kier molecular flexibility index (Phi) is 9.82. The summed E-state index contributed by atoms with van der Waals surface area (Å²) in [6.45, 7) is 6.34. The van der Waals surface area contributed by atoms with Crippen LogP contribution < -0.4 is 0 Å². The lowest BCUT2D eigenvalue weighted by Gasteiger charge is -2.48. The van der Waals surface area contributed by atoms with E-state index in [9.17, 15) is 0 Å². The van der Waals surface area contributed by atoms with Gasteiger partial charge in [-0.1, -0.05) is 48.6 Å². The Morgan fingerprint density at radius 3 is 2.32 bits per heavy atom. The molecule has 2 heteroatoms. The van der Waals surface area contributed by atoms with Gasteiger partial charge in [0, 0.05) is 0 Å². The van der Waals surface area contributed by atoms with Gasteiger partial charge in [0.1, 0.15) is 0 Å². The molecule has 0 aliphatic heterocycles. The smallest absolute Gasteiger partial charge is 0.00139 e. The van der Waals surface area contributed by atoms with Crippen LogP contribution in [0.2, 0.25) is 0 Å². The van der Waals surface area contributed by atoms with Gasteiger partial charge < -0.3 is 10.8 Å². The molecule has 0 radical (unpaired) electrons. The Morgan fingerprint density at radius 1 is 0.842 bits per heavy atom. The summed E-state index contributed by atoms with van der Waals surface area (Å²) in [5.41, 5.74) is 5.82. The van der Waals surface area contributed by atoms with E-state index in [2.05, 4.69) is 19.6 Å². The molecule has 0 heterocycles. The number of rotatable bonds is 10. The van der Waals surface area contributed by atoms with Crippen molar-refractivity contribution in [3.05, 3.63) is 35.5 Å². The summed E-state index contributed by atoms with van der Waals surface area (Å²) >= 11 is 0. The highest BCUT2D eigenvalue weighted by molar-refractivity contribution is 5.57. The molecule has 0 aromatic rings. The zero-order chi connectivity index (χ0) is 26.5. The second kappa shape index (κ2) is 13.3. The standard InChI is InChI=1S/C36H56N2/c1-3-26(21-22-37)25(2)23-30(24-38)27-15-17-29(18-16-27)32-19-20-36(35-13-7-6-12-33(32)35)34-14-8-10-28-9-4-5-11-31(28)34/h3,10,22,24-27,29-34,37-38H,1,4-9,11-21,23H2,2H3. The Morgan fingerprint density at radius 2 is 1.58 bits per heavy atom. The zero-order valence-electron chi connectivity index (χ0n) is 24.4. The predicted molar refractivity (Wildman–Crippen MR) is 163 cm³/mol. The number of fused-ring (bicyclic) bond motifs is 2. The SMILES string of the molecule is C=CC(CC=N)C(C)CC(C=N)C1CCC(C2CCC(C3CCC=C4CCCCC43)=C3CCCCC32)CC1. The van der Waals surface area contributed by atoms with Crippen LogP contribution in [0.25, 0.3) is 0 Å². The fraction of sp³-hybridized carbons (Fsp3) is 0.778. The molecule has 0 saturated heterocycles. The normalized spacial score (nSPS) is 36.2. The molecule has 210 valence electrons. The van der Waals surface area contributed by atoms with Gasteiger partial charge in [0.15, 0.2) is 0 Å². The van der Waals surface area contributed by atoms with Gasteiger partial charge in [-0.3, -0.25) is 0 Å². The zero-order valence-corrected chi connectivity index (χ0v) is 24.4. The first-order valence-electron chi connectivity index (χ1n) is 16.7. The van der Waals surface area contributed by atoms with E-state index in [-0.39, 0.29) is 0 Å². The van der Waals surface area contributed by atoms with Crippen LogP contribution in [0.4, 0.5) is 0 Å². The molecule has 5 aliphatic carbocycles. The number of allylic oxidation sites excluding steroid dienone is 5. The van der Waals surface area contributed by atoms with Gasteiger partial charge in [-0.25, -0.2) is 0 Å². The van der Waals surface area contributed by atoms with Gasteiger partial charge in [-0.05, 0) is 168 Å². The highest BCUT2D eigenvalue weighted by Gasteiger charge is 2.42. The number of hydrogen-bond donors (Lipinski definition) is 2. The summed E-state index contributed by atoms with van der Waals surface area (Å²) in [6, 6.07) is 0. The molecule has 38 heavy (non-hydrogen) atoms. The van der Waals surface area contributed by atoms with Crippen LogP contribution in [0, 0.1) is 64.1 Å². The first kappa shape index (κ1) is 28.1. The first-order chi connectivity index (χ1) is 18.6. The van der Waals surface area contributed by atoms with Crippen molar-refractivity contribution < 1.29 is 0 Å². The summed E-state index contributed by atoms with van der Waals surface area (Å²) in [5, 5.41) is 15.8. The third-order valence-electron chi connectivity index (χ3n) is 12.2. The average molecular weight is 517 g/mol. The highest BCUT2D eigenvalue weighted by Crippen LogP contribution is 2.54. The summed E-state index contributed by atoms with van der Waals surface area (Å²) in [6.07, 6.45) is 32.5. The Bertz CT molecular complexity index is 887. The van der Waals surface area contributed by atoms with Crippen molar-refractivity contribution in [2.24, 2.45) is 53.3 Å². The summed E-state index contributed by atoms with van der Waals surface area (Å²) in [5.74, 6) is 6.54. The topological polar surface area (TPSA) is 47.7 Å². The molecule has 7 atom stereocenters. The van der Waals surface area contributed by atoms with E-state index in [1.165, 1.54) is 109 Å². The van der Waals surface area contributed by atoms with E-state index in [0.717, 1.165) is 42.4 Å². The lowest BCUT2D eigenvalue weighted by atomic mass is 9.57. The van der Waals surface area contributed by atoms with Crippen molar-refractivity contribution in [1.29, 1.82) is 10.8 Å². The molecule has 2 N–H and O–H groups in total. The van der Waals surface area contributed by atoms with E-state index in [1.807, 2.05) is 22.8 Å². The summed E-state index contributed by atoms with van der Waals surface area (Å²) < 4.78 is 0. The third-order valence-corrected chi connectivity index (χ3v) is 12.2. The van der Waals surface area contributed by atoms with Crippen molar-refractivity contribution in [2.45, 2.75) is 122 Å². The van der Waals surface area contributed by atoms with Gasteiger partial charge >= 0.3 is 0 Å².